The third kappa shape index (κ3) is 67.9. The van der Waals surface area contributed by atoms with Gasteiger partial charge in [-0.15, -0.1) is 0 Å². The van der Waals surface area contributed by atoms with Crippen molar-refractivity contribution in [2.45, 2.75) is 0 Å². The van der Waals surface area contributed by atoms with Gasteiger partial charge in [-0.1, -0.05) is 0 Å². The van der Waals surface area contributed by atoms with Crippen LogP contribution < -0.4 is 0 Å². The van der Waals surface area contributed by atoms with E-state index in [1.165, 1.54) is 22.5 Å². The van der Waals surface area contributed by atoms with Crippen LogP contribution in [0.25, 0.3) is 0 Å². The largest absolute Gasteiger partial charge is 0.439 e. The Labute approximate surface area is 48.7 Å². The molecular weight excluding hydrogens is 187 g/mol. The Hall–Kier alpha value is 0.716. The Morgan fingerprint density at radius 2 is 1.80 bits per heavy atom. The van der Waals surface area contributed by atoms with E-state index >= 15 is 0 Å². The van der Waals surface area contributed by atoms with E-state index in [0.717, 1.165) is 10.5 Å². The van der Waals surface area contributed by atoms with Crippen LogP contribution in [0.2, 0.25) is 0 Å². The zero-order valence-electron chi connectivity index (χ0n) is 2.94. The van der Waals surface area contributed by atoms with Gasteiger partial charge in [0.25, 0.3) is 0 Å². The minimum Gasteiger partial charge on any atom is -0.439 e. The molecule has 0 aromatic heterocycles. The van der Waals surface area contributed by atoms with Gasteiger partial charge in [-0.05, 0) is 0 Å². The van der Waals surface area contributed by atoms with Crippen molar-refractivity contribution in [1.82, 2.24) is 0 Å². The van der Waals surface area contributed by atoms with Gasteiger partial charge in [0.1, 0.15) is 0 Å². The summed E-state index contributed by atoms with van der Waals surface area (Å²) in [5, 5.41) is 0. The molecule has 1 N–H and O–H groups in total. The van der Waals surface area contributed by atoms with E-state index in [1.54, 1.807) is 0 Å². The van der Waals surface area contributed by atoms with E-state index in [1.807, 2.05) is 4.09 Å². The van der Waals surface area contributed by atoms with Gasteiger partial charge in [0.2, 0.25) is 0 Å². The second kappa shape index (κ2) is 22.1. The molecule has 0 atom stereocenters. The molecule has 0 aromatic rings. The van der Waals surface area contributed by atoms with Crippen LogP contribution in [0.5, 0.6) is 0 Å². The minimum absolute atomic E-state index is 0.861. The molecular formula is C2H6OSiSn. The zero-order valence-corrected chi connectivity index (χ0v) is 7.21. The fraction of sp³-hybridized carbons (Fsp3) is 0. The zero-order chi connectivity index (χ0) is 4.71. The maximum absolute atomic E-state index is 7.03. The maximum Gasteiger partial charge on any atom is 0.169 e. The van der Waals surface area contributed by atoms with Gasteiger partial charge in [0.05, 0.1) is 0 Å². The first kappa shape index (κ1) is 9.21. The van der Waals surface area contributed by atoms with Gasteiger partial charge in [-0.25, -0.2) is 0 Å². The van der Waals surface area contributed by atoms with Crippen LogP contribution in [0, 0.1) is 0 Å². The summed E-state index contributed by atoms with van der Waals surface area (Å²) < 4.78 is 1.84. The molecule has 0 unspecified atom stereocenters. The predicted molar refractivity (Wildman–Crippen MR) is 26.7 cm³/mol. The third-order valence-corrected chi connectivity index (χ3v) is 0. The molecule has 0 spiro atoms. The Balaban J connectivity index is 0. The molecule has 0 fully saturated rings. The van der Waals surface area contributed by atoms with Crippen LogP contribution in [0.3, 0.4) is 0 Å². The standard InChI is InChI=1S/C2H3.H3OSi.Sn/c2*1-2;/h2*1H,2H2;. The summed E-state index contributed by atoms with van der Waals surface area (Å²) >= 11 is 1.40. The topological polar surface area (TPSA) is 20.2 Å². The number of hydrogen-bond donors (Lipinski definition) is 1. The molecule has 0 heterocycles. The minimum atomic E-state index is 0.861. The number of hydrogen-bond acceptors (Lipinski definition) is 1. The maximum atomic E-state index is 7.03. The van der Waals surface area contributed by atoms with Crippen molar-refractivity contribution in [1.29, 1.82) is 0 Å². The van der Waals surface area contributed by atoms with E-state index in [4.69, 9.17) is 4.80 Å². The van der Waals surface area contributed by atoms with Crippen molar-refractivity contribution in [2.24, 2.45) is 0 Å². The molecule has 0 aliphatic carbocycles. The Kier molecular flexibility index (Phi) is 40.7. The Bertz CT molecular complexity index is 17.1. The molecule has 0 saturated heterocycles. The van der Waals surface area contributed by atoms with Crippen molar-refractivity contribution in [3.05, 3.63) is 10.7 Å². The molecule has 5 heavy (non-hydrogen) atoms. The molecule has 28 valence electrons. The second-order valence-electron chi connectivity index (χ2n) is 0.204. The molecule has 3 heteroatoms. The SMILES string of the molecule is C=[CH][Sn].O[SiH2]. The monoisotopic (exact) mass is 194 g/mol. The Morgan fingerprint density at radius 3 is 1.80 bits per heavy atom. The van der Waals surface area contributed by atoms with Crippen molar-refractivity contribution in [2.75, 3.05) is 0 Å². The summed E-state index contributed by atoms with van der Waals surface area (Å²) in [6, 6.07) is 0. The third-order valence-electron chi connectivity index (χ3n) is 0. The molecule has 4 radical (unpaired) electrons. The van der Waals surface area contributed by atoms with Crippen molar-refractivity contribution >= 4 is 33.0 Å². The van der Waals surface area contributed by atoms with E-state index < -0.39 is 0 Å². The molecule has 0 amide bonds. The first-order valence-electron chi connectivity index (χ1n) is 1.01. The molecule has 0 aliphatic rings. The fourth-order valence-corrected chi connectivity index (χ4v) is 0. The predicted octanol–water partition coefficient (Wildman–Crippen LogP) is -1.17. The molecule has 0 saturated carbocycles. The van der Waals surface area contributed by atoms with Gasteiger partial charge < -0.3 is 4.80 Å². The van der Waals surface area contributed by atoms with Crippen LogP contribution in [0.1, 0.15) is 0 Å². The quantitative estimate of drug-likeness (QED) is 0.480. The van der Waals surface area contributed by atoms with Gasteiger partial charge in [0.15, 0.2) is 10.5 Å². The summed E-state index contributed by atoms with van der Waals surface area (Å²) in [6.07, 6.45) is 0. The summed E-state index contributed by atoms with van der Waals surface area (Å²) in [7, 11) is 0.861. The summed E-state index contributed by atoms with van der Waals surface area (Å²) in [6.45, 7) is 3.40. The van der Waals surface area contributed by atoms with Crippen LogP contribution in [-0.2, 0) is 0 Å². The smallest absolute Gasteiger partial charge is 0.169 e. The van der Waals surface area contributed by atoms with Crippen molar-refractivity contribution < 1.29 is 4.80 Å². The molecule has 0 rings (SSSR count). The van der Waals surface area contributed by atoms with Gasteiger partial charge in [-0.2, -0.15) is 0 Å². The average molecular weight is 193 g/mol. The average Bonchev–Trinajstić information content (AvgIpc) is 1.46. The molecule has 0 bridgehead atoms. The van der Waals surface area contributed by atoms with Gasteiger partial charge in [0, 0.05) is 0 Å². The summed E-state index contributed by atoms with van der Waals surface area (Å²) in [5.74, 6) is 0. The van der Waals surface area contributed by atoms with E-state index in [9.17, 15) is 0 Å². The van der Waals surface area contributed by atoms with Crippen LogP contribution >= 0.6 is 0 Å². The summed E-state index contributed by atoms with van der Waals surface area (Å²) in [4.78, 5) is 7.03. The molecule has 1 nitrogen and oxygen atoms in total. The first-order valence-corrected chi connectivity index (χ1v) is 3.29. The van der Waals surface area contributed by atoms with E-state index in [2.05, 4.69) is 6.58 Å². The normalized spacial score (nSPS) is 3.80. The van der Waals surface area contributed by atoms with E-state index in [0.29, 0.717) is 0 Å². The van der Waals surface area contributed by atoms with Gasteiger partial charge in [-0.3, -0.25) is 0 Å². The van der Waals surface area contributed by atoms with Crippen LogP contribution in [0.15, 0.2) is 10.7 Å². The van der Waals surface area contributed by atoms with Crippen LogP contribution in [0.4, 0.5) is 0 Å². The second-order valence-corrected chi connectivity index (χ2v) is 1.37. The Morgan fingerprint density at radius 1 is 1.80 bits per heavy atom. The van der Waals surface area contributed by atoms with Gasteiger partial charge >= 0.3 is 33.2 Å². The van der Waals surface area contributed by atoms with Crippen molar-refractivity contribution in [3.8, 4) is 0 Å². The fourth-order valence-electron chi connectivity index (χ4n) is 0. The summed E-state index contributed by atoms with van der Waals surface area (Å²) in [5.41, 5.74) is 0. The van der Waals surface area contributed by atoms with Crippen LogP contribution in [-0.4, -0.2) is 37.8 Å². The molecule has 0 aliphatic heterocycles. The van der Waals surface area contributed by atoms with Crippen molar-refractivity contribution in [3.63, 3.8) is 0 Å². The molecule has 0 aromatic carbocycles. The number of rotatable bonds is 0. The van der Waals surface area contributed by atoms with E-state index in [-0.39, 0.29) is 0 Å². The first-order chi connectivity index (χ1) is 2.41.